The molecule has 0 radical (unpaired) electrons. The van der Waals surface area contributed by atoms with Crippen LogP contribution in [0.4, 0.5) is 0 Å². The molecule has 1 aromatic rings. The maximum atomic E-state index is 8.86. The van der Waals surface area contributed by atoms with Crippen LogP contribution in [0.5, 0.6) is 0 Å². The zero-order chi connectivity index (χ0) is 12.0. The summed E-state index contributed by atoms with van der Waals surface area (Å²) in [5.74, 6) is 0. The first kappa shape index (κ1) is 13.1. The highest BCUT2D eigenvalue weighted by Gasteiger charge is 2.16. The third-order valence-corrected chi connectivity index (χ3v) is 2.67. The molecule has 2 heterocycles. The predicted octanol–water partition coefficient (Wildman–Crippen LogP) is 1.77. The standard InChI is InChI=1S/C11H16N2O.C2H6/c1-9-6-10-8-13(4-5-14)3-2-11(10)12-7-9;1-2/h6-7,14H,2-5,8H2,1H3;1-2H3. The van der Waals surface area contributed by atoms with E-state index in [2.05, 4.69) is 22.9 Å². The molecule has 0 spiro atoms. The predicted molar refractivity (Wildman–Crippen MR) is 66.4 cm³/mol. The van der Waals surface area contributed by atoms with Crippen LogP contribution < -0.4 is 0 Å². The number of aromatic nitrogens is 1. The maximum Gasteiger partial charge on any atom is 0.0558 e. The number of hydrogen-bond donors (Lipinski definition) is 1. The van der Waals surface area contributed by atoms with Crippen molar-refractivity contribution in [2.45, 2.75) is 33.7 Å². The van der Waals surface area contributed by atoms with Crippen LogP contribution in [-0.4, -0.2) is 34.7 Å². The zero-order valence-corrected chi connectivity index (χ0v) is 10.5. The van der Waals surface area contributed by atoms with E-state index < -0.39 is 0 Å². The van der Waals surface area contributed by atoms with Crippen LogP contribution in [0.25, 0.3) is 0 Å². The molecular formula is C13H22N2O. The highest BCUT2D eigenvalue weighted by Crippen LogP contribution is 2.17. The molecule has 0 saturated carbocycles. The summed E-state index contributed by atoms with van der Waals surface area (Å²) in [5, 5.41) is 8.86. The van der Waals surface area contributed by atoms with Crippen molar-refractivity contribution in [3.05, 3.63) is 29.1 Å². The molecule has 2 rings (SSSR count). The summed E-state index contributed by atoms with van der Waals surface area (Å²) in [5.41, 5.74) is 3.77. The van der Waals surface area contributed by atoms with Crippen molar-refractivity contribution in [2.24, 2.45) is 0 Å². The summed E-state index contributed by atoms with van der Waals surface area (Å²) in [6, 6.07) is 2.20. The van der Waals surface area contributed by atoms with Gasteiger partial charge in [-0.1, -0.05) is 19.9 Å². The molecule has 1 aliphatic rings. The van der Waals surface area contributed by atoms with Crippen molar-refractivity contribution in [1.82, 2.24) is 9.88 Å². The SMILES string of the molecule is CC.Cc1cnc2c(c1)CN(CCO)CC2. The molecular weight excluding hydrogens is 200 g/mol. The van der Waals surface area contributed by atoms with E-state index in [4.69, 9.17) is 5.11 Å². The first-order chi connectivity index (χ1) is 7.79. The molecule has 0 bridgehead atoms. The summed E-state index contributed by atoms with van der Waals surface area (Å²) in [7, 11) is 0. The van der Waals surface area contributed by atoms with E-state index in [1.807, 2.05) is 20.0 Å². The van der Waals surface area contributed by atoms with Crippen molar-refractivity contribution in [3.8, 4) is 0 Å². The lowest BCUT2D eigenvalue weighted by atomic mass is 10.0. The molecule has 0 unspecified atom stereocenters. The Morgan fingerprint density at radius 3 is 2.88 bits per heavy atom. The van der Waals surface area contributed by atoms with Crippen molar-refractivity contribution >= 4 is 0 Å². The molecule has 0 aromatic carbocycles. The lowest BCUT2D eigenvalue weighted by Crippen LogP contribution is -2.33. The molecule has 0 saturated heterocycles. The Balaban J connectivity index is 0.000000606. The summed E-state index contributed by atoms with van der Waals surface area (Å²) < 4.78 is 0. The van der Waals surface area contributed by atoms with Gasteiger partial charge >= 0.3 is 0 Å². The van der Waals surface area contributed by atoms with Crippen LogP contribution in [0, 0.1) is 6.92 Å². The molecule has 1 aliphatic heterocycles. The van der Waals surface area contributed by atoms with Crippen molar-refractivity contribution in [1.29, 1.82) is 0 Å². The van der Waals surface area contributed by atoms with Crippen LogP contribution >= 0.6 is 0 Å². The quantitative estimate of drug-likeness (QED) is 0.828. The molecule has 3 nitrogen and oxygen atoms in total. The van der Waals surface area contributed by atoms with Gasteiger partial charge in [0, 0.05) is 37.9 Å². The molecule has 90 valence electrons. The van der Waals surface area contributed by atoms with Gasteiger partial charge in [0.2, 0.25) is 0 Å². The van der Waals surface area contributed by atoms with E-state index in [0.717, 1.165) is 26.1 Å². The number of hydrogen-bond acceptors (Lipinski definition) is 3. The van der Waals surface area contributed by atoms with Crippen LogP contribution in [-0.2, 0) is 13.0 Å². The molecule has 3 heteroatoms. The fourth-order valence-corrected chi connectivity index (χ4v) is 1.94. The fourth-order valence-electron chi connectivity index (χ4n) is 1.94. The third-order valence-electron chi connectivity index (χ3n) is 2.67. The second kappa shape index (κ2) is 6.61. The third kappa shape index (κ3) is 3.29. The molecule has 16 heavy (non-hydrogen) atoms. The average molecular weight is 222 g/mol. The molecule has 1 N–H and O–H groups in total. The van der Waals surface area contributed by atoms with Crippen molar-refractivity contribution in [3.63, 3.8) is 0 Å². The highest BCUT2D eigenvalue weighted by molar-refractivity contribution is 5.26. The number of aryl methyl sites for hydroxylation is 1. The summed E-state index contributed by atoms with van der Waals surface area (Å²) >= 11 is 0. The minimum atomic E-state index is 0.245. The number of aliphatic hydroxyl groups excluding tert-OH is 1. The Morgan fingerprint density at radius 2 is 2.19 bits per heavy atom. The number of aliphatic hydroxyl groups is 1. The largest absolute Gasteiger partial charge is 0.395 e. The monoisotopic (exact) mass is 222 g/mol. The Bertz CT molecular complexity index is 326. The summed E-state index contributed by atoms with van der Waals surface area (Å²) in [6.45, 7) is 9.04. The van der Waals surface area contributed by atoms with Gasteiger partial charge in [0.25, 0.3) is 0 Å². The van der Waals surface area contributed by atoms with Crippen LogP contribution in [0.3, 0.4) is 0 Å². The number of nitrogens with zero attached hydrogens (tertiary/aromatic N) is 2. The first-order valence-corrected chi connectivity index (χ1v) is 6.07. The van der Waals surface area contributed by atoms with Gasteiger partial charge in [0.15, 0.2) is 0 Å². The van der Waals surface area contributed by atoms with E-state index in [9.17, 15) is 0 Å². The van der Waals surface area contributed by atoms with Crippen molar-refractivity contribution < 1.29 is 5.11 Å². The number of fused-ring (bicyclic) bond motifs is 1. The second-order valence-corrected chi connectivity index (χ2v) is 3.87. The number of rotatable bonds is 2. The molecule has 0 aliphatic carbocycles. The summed E-state index contributed by atoms with van der Waals surface area (Å²) in [4.78, 5) is 6.69. The Kier molecular flexibility index (Phi) is 5.43. The maximum absolute atomic E-state index is 8.86. The number of pyridine rings is 1. The number of β-amino-alcohol motifs (C(OH)–C–C–N with tert-alkyl or cyclic N) is 1. The van der Waals surface area contributed by atoms with Crippen LogP contribution in [0.15, 0.2) is 12.3 Å². The summed E-state index contributed by atoms with van der Waals surface area (Å²) in [6.07, 6.45) is 2.94. The molecule has 0 fully saturated rings. The Morgan fingerprint density at radius 1 is 1.44 bits per heavy atom. The lowest BCUT2D eigenvalue weighted by Gasteiger charge is -2.27. The van der Waals surface area contributed by atoms with Gasteiger partial charge in [0.1, 0.15) is 0 Å². The van der Waals surface area contributed by atoms with Gasteiger partial charge in [0.05, 0.1) is 6.61 Å². The second-order valence-electron chi connectivity index (χ2n) is 3.87. The highest BCUT2D eigenvalue weighted by atomic mass is 16.3. The lowest BCUT2D eigenvalue weighted by molar-refractivity contribution is 0.183. The van der Waals surface area contributed by atoms with Crippen LogP contribution in [0.2, 0.25) is 0 Å². The smallest absolute Gasteiger partial charge is 0.0558 e. The van der Waals surface area contributed by atoms with E-state index in [-0.39, 0.29) is 6.61 Å². The van der Waals surface area contributed by atoms with E-state index in [1.165, 1.54) is 16.8 Å². The average Bonchev–Trinajstić information content (AvgIpc) is 2.31. The van der Waals surface area contributed by atoms with Gasteiger partial charge in [-0.15, -0.1) is 0 Å². The van der Waals surface area contributed by atoms with Gasteiger partial charge in [-0.25, -0.2) is 0 Å². The van der Waals surface area contributed by atoms with Crippen LogP contribution in [0.1, 0.15) is 30.7 Å². The van der Waals surface area contributed by atoms with Gasteiger partial charge in [-0.2, -0.15) is 0 Å². The van der Waals surface area contributed by atoms with Gasteiger partial charge in [-0.05, 0) is 18.1 Å². The van der Waals surface area contributed by atoms with E-state index in [0.29, 0.717) is 0 Å². The van der Waals surface area contributed by atoms with Crippen molar-refractivity contribution in [2.75, 3.05) is 19.7 Å². The fraction of sp³-hybridized carbons (Fsp3) is 0.615. The minimum Gasteiger partial charge on any atom is -0.395 e. The van der Waals surface area contributed by atoms with Gasteiger partial charge in [-0.3, -0.25) is 9.88 Å². The van der Waals surface area contributed by atoms with Gasteiger partial charge < -0.3 is 5.11 Å². The topological polar surface area (TPSA) is 36.4 Å². The zero-order valence-electron chi connectivity index (χ0n) is 10.5. The van der Waals surface area contributed by atoms with E-state index >= 15 is 0 Å². The molecule has 1 aromatic heterocycles. The normalized spacial score (nSPS) is 15.0. The molecule has 0 atom stereocenters. The molecule has 0 amide bonds. The minimum absolute atomic E-state index is 0.245. The Hall–Kier alpha value is -0.930. The Labute approximate surface area is 98.1 Å². The first-order valence-electron chi connectivity index (χ1n) is 6.07. The van der Waals surface area contributed by atoms with E-state index in [1.54, 1.807) is 0 Å².